The van der Waals surface area contributed by atoms with E-state index in [1.54, 1.807) is 0 Å². The van der Waals surface area contributed by atoms with Gasteiger partial charge in [0, 0.05) is 6.42 Å². The van der Waals surface area contributed by atoms with Crippen LogP contribution >= 0.6 is 0 Å². The minimum Gasteiger partial charge on any atom is -0.477 e. The van der Waals surface area contributed by atoms with Crippen molar-refractivity contribution in [3.8, 4) is 0 Å². The highest BCUT2D eigenvalue weighted by Crippen LogP contribution is 2.14. The van der Waals surface area contributed by atoms with Crippen LogP contribution in [0.3, 0.4) is 0 Å². The monoisotopic (exact) mass is 157 g/mol. The number of nitrogens with zero attached hydrogens (tertiary/aromatic N) is 1. The lowest BCUT2D eigenvalue weighted by Gasteiger charge is -2.03. The molecule has 1 unspecified atom stereocenters. The molecular formula is C7H11NO3. The van der Waals surface area contributed by atoms with Crippen LogP contribution in [0, 0.1) is 0 Å². The van der Waals surface area contributed by atoms with Crippen LogP contribution < -0.4 is 0 Å². The highest BCUT2D eigenvalue weighted by Gasteiger charge is 2.24. The summed E-state index contributed by atoms with van der Waals surface area (Å²) in [5.74, 6) is -0.969. The molecule has 0 saturated carbocycles. The molecule has 0 aromatic carbocycles. The summed E-state index contributed by atoms with van der Waals surface area (Å²) in [6, 6.07) is 0. The van der Waals surface area contributed by atoms with Crippen molar-refractivity contribution >= 4 is 11.7 Å². The summed E-state index contributed by atoms with van der Waals surface area (Å²) in [6.07, 6.45) is 2.31. The van der Waals surface area contributed by atoms with E-state index in [1.165, 1.54) is 0 Å². The summed E-state index contributed by atoms with van der Waals surface area (Å²) in [6.45, 7) is 2.03. The van der Waals surface area contributed by atoms with Crippen molar-refractivity contribution < 1.29 is 14.7 Å². The molecule has 0 aromatic heterocycles. The Labute approximate surface area is 64.8 Å². The van der Waals surface area contributed by atoms with E-state index >= 15 is 0 Å². The van der Waals surface area contributed by atoms with Crippen LogP contribution in [0.1, 0.15) is 26.2 Å². The van der Waals surface area contributed by atoms with Crippen LogP contribution in [0.5, 0.6) is 0 Å². The molecular weight excluding hydrogens is 146 g/mol. The average molecular weight is 157 g/mol. The van der Waals surface area contributed by atoms with E-state index in [9.17, 15) is 4.79 Å². The first-order chi connectivity index (χ1) is 5.24. The number of oxime groups is 1. The predicted molar refractivity (Wildman–Crippen MR) is 39.5 cm³/mol. The molecule has 1 N–H and O–H groups in total. The third kappa shape index (κ3) is 1.93. The van der Waals surface area contributed by atoms with E-state index in [0.717, 1.165) is 12.8 Å². The maximum Gasteiger partial charge on any atom is 0.353 e. The van der Waals surface area contributed by atoms with E-state index in [-0.39, 0.29) is 11.8 Å². The Morgan fingerprint density at radius 1 is 1.91 bits per heavy atom. The zero-order valence-corrected chi connectivity index (χ0v) is 6.41. The van der Waals surface area contributed by atoms with E-state index in [1.807, 2.05) is 6.92 Å². The first-order valence-electron chi connectivity index (χ1n) is 3.70. The van der Waals surface area contributed by atoms with Crippen molar-refractivity contribution in [1.82, 2.24) is 0 Å². The summed E-state index contributed by atoms with van der Waals surface area (Å²) in [5.41, 5.74) is 0.142. The number of carboxylic acids is 1. The second-order valence-electron chi connectivity index (χ2n) is 2.56. The van der Waals surface area contributed by atoms with E-state index in [2.05, 4.69) is 5.16 Å². The molecule has 1 aliphatic heterocycles. The van der Waals surface area contributed by atoms with Gasteiger partial charge in [-0.1, -0.05) is 18.5 Å². The number of carbonyl (C=O) groups is 1. The van der Waals surface area contributed by atoms with Gasteiger partial charge in [0.25, 0.3) is 0 Å². The fourth-order valence-electron chi connectivity index (χ4n) is 1.03. The molecule has 0 amide bonds. The van der Waals surface area contributed by atoms with Crippen LogP contribution in [0.25, 0.3) is 0 Å². The fraction of sp³-hybridized carbons (Fsp3) is 0.714. The van der Waals surface area contributed by atoms with Crippen LogP contribution in [-0.2, 0) is 9.63 Å². The van der Waals surface area contributed by atoms with Gasteiger partial charge in [0.1, 0.15) is 6.10 Å². The molecule has 0 bridgehead atoms. The number of rotatable bonds is 3. The third-order valence-electron chi connectivity index (χ3n) is 1.59. The molecule has 4 nitrogen and oxygen atoms in total. The lowest BCUT2D eigenvalue weighted by atomic mass is 10.1. The highest BCUT2D eigenvalue weighted by atomic mass is 16.6. The van der Waals surface area contributed by atoms with Crippen molar-refractivity contribution in [2.24, 2.45) is 5.16 Å². The second-order valence-corrected chi connectivity index (χ2v) is 2.56. The van der Waals surface area contributed by atoms with Gasteiger partial charge in [-0.3, -0.25) is 0 Å². The Bertz CT molecular complexity index is 188. The Morgan fingerprint density at radius 2 is 2.64 bits per heavy atom. The Balaban J connectivity index is 2.37. The van der Waals surface area contributed by atoms with Crippen molar-refractivity contribution in [2.75, 3.05) is 0 Å². The Hall–Kier alpha value is -1.06. The zero-order valence-electron chi connectivity index (χ0n) is 6.41. The van der Waals surface area contributed by atoms with Crippen LogP contribution in [0.15, 0.2) is 5.16 Å². The average Bonchev–Trinajstić information content (AvgIpc) is 2.37. The van der Waals surface area contributed by atoms with Gasteiger partial charge in [-0.2, -0.15) is 0 Å². The fourth-order valence-corrected chi connectivity index (χ4v) is 1.03. The van der Waals surface area contributed by atoms with Crippen LogP contribution in [0.2, 0.25) is 0 Å². The molecule has 0 aromatic rings. The van der Waals surface area contributed by atoms with Crippen molar-refractivity contribution in [2.45, 2.75) is 32.3 Å². The highest BCUT2D eigenvalue weighted by molar-refractivity contribution is 6.35. The summed E-state index contributed by atoms with van der Waals surface area (Å²) in [4.78, 5) is 15.2. The summed E-state index contributed by atoms with van der Waals surface area (Å²) >= 11 is 0. The first-order valence-corrected chi connectivity index (χ1v) is 3.70. The first kappa shape index (κ1) is 8.04. The smallest absolute Gasteiger partial charge is 0.353 e. The van der Waals surface area contributed by atoms with Gasteiger partial charge >= 0.3 is 5.97 Å². The lowest BCUT2D eigenvalue weighted by Crippen LogP contribution is -2.14. The Kier molecular flexibility index (Phi) is 2.46. The topological polar surface area (TPSA) is 58.9 Å². The van der Waals surface area contributed by atoms with Gasteiger partial charge in [-0.25, -0.2) is 4.79 Å². The van der Waals surface area contributed by atoms with Crippen molar-refractivity contribution in [3.63, 3.8) is 0 Å². The van der Waals surface area contributed by atoms with E-state index < -0.39 is 5.97 Å². The van der Waals surface area contributed by atoms with Gasteiger partial charge in [-0.05, 0) is 6.42 Å². The van der Waals surface area contributed by atoms with Crippen LogP contribution in [-0.4, -0.2) is 22.9 Å². The summed E-state index contributed by atoms with van der Waals surface area (Å²) in [5, 5.41) is 11.9. The predicted octanol–water partition coefficient (Wildman–Crippen LogP) is 1.02. The van der Waals surface area contributed by atoms with Gasteiger partial charge in [0.15, 0.2) is 5.71 Å². The summed E-state index contributed by atoms with van der Waals surface area (Å²) < 4.78 is 0. The molecule has 11 heavy (non-hydrogen) atoms. The maximum atomic E-state index is 10.3. The maximum absolute atomic E-state index is 10.3. The number of hydrogen-bond acceptors (Lipinski definition) is 3. The second kappa shape index (κ2) is 3.37. The Morgan fingerprint density at radius 3 is 3.09 bits per heavy atom. The zero-order chi connectivity index (χ0) is 8.27. The largest absolute Gasteiger partial charge is 0.477 e. The number of aliphatic carboxylic acids is 1. The minimum atomic E-state index is -0.969. The van der Waals surface area contributed by atoms with Crippen molar-refractivity contribution in [1.29, 1.82) is 0 Å². The third-order valence-corrected chi connectivity index (χ3v) is 1.59. The molecule has 0 aliphatic carbocycles. The molecule has 1 atom stereocenters. The molecule has 1 aliphatic rings. The van der Waals surface area contributed by atoms with Gasteiger partial charge in [0.2, 0.25) is 0 Å². The quantitative estimate of drug-likeness (QED) is 0.665. The number of hydrogen-bond donors (Lipinski definition) is 1. The van der Waals surface area contributed by atoms with Crippen LogP contribution in [0.4, 0.5) is 0 Å². The lowest BCUT2D eigenvalue weighted by molar-refractivity contribution is -0.129. The molecule has 0 radical (unpaired) electrons. The van der Waals surface area contributed by atoms with Crippen molar-refractivity contribution in [3.05, 3.63) is 0 Å². The molecule has 1 rings (SSSR count). The van der Waals surface area contributed by atoms with E-state index in [4.69, 9.17) is 9.94 Å². The normalized spacial score (nSPS) is 22.6. The minimum absolute atomic E-state index is 0.00824. The SMILES string of the molecule is CCCC1CC(C(=O)O)=NO1. The summed E-state index contributed by atoms with van der Waals surface area (Å²) in [7, 11) is 0. The molecule has 0 spiro atoms. The van der Waals surface area contributed by atoms with Gasteiger partial charge < -0.3 is 9.94 Å². The van der Waals surface area contributed by atoms with E-state index in [0.29, 0.717) is 6.42 Å². The standard InChI is InChI=1S/C7H11NO3/c1-2-3-5-4-6(7(9)10)8-11-5/h5H,2-4H2,1H3,(H,9,10). The van der Waals surface area contributed by atoms with Gasteiger partial charge in [0.05, 0.1) is 0 Å². The number of carboxylic acid groups (broad SMARTS) is 1. The molecule has 62 valence electrons. The molecule has 0 saturated heterocycles. The molecule has 0 fully saturated rings. The molecule has 1 heterocycles. The van der Waals surface area contributed by atoms with Gasteiger partial charge in [-0.15, -0.1) is 0 Å². The molecule has 4 heteroatoms.